The lowest BCUT2D eigenvalue weighted by atomic mass is 9.89. The van der Waals surface area contributed by atoms with Crippen LogP contribution in [0.5, 0.6) is 0 Å². The Morgan fingerprint density at radius 2 is 1.71 bits per heavy atom. The highest BCUT2D eigenvalue weighted by Crippen LogP contribution is 2.29. The molecule has 5 heteroatoms. The van der Waals surface area contributed by atoms with Crippen molar-refractivity contribution in [2.45, 2.75) is 50.8 Å². The van der Waals surface area contributed by atoms with Crippen LogP contribution in [0.15, 0.2) is 24.3 Å². The minimum Gasteiger partial charge on any atom is -0.462 e. The fraction of sp³-hybridized carbons (Fsp3) is 0.579. The second kappa shape index (κ2) is 9.67. The number of hydrogen-bond donors (Lipinski definition) is 0. The molecule has 2 rings (SSSR count). The molecule has 1 saturated carbocycles. The third-order valence-electron chi connectivity index (χ3n) is 4.34. The summed E-state index contributed by atoms with van der Waals surface area (Å²) in [6, 6.07) is 6.61. The molecule has 132 valence electrons. The van der Waals surface area contributed by atoms with E-state index >= 15 is 0 Å². The predicted octanol–water partition coefficient (Wildman–Crippen LogP) is 4.60. The Bertz CT molecular complexity index is 558. The number of alkyl halides is 1. The van der Waals surface area contributed by atoms with Gasteiger partial charge >= 0.3 is 11.9 Å². The average molecular weight is 353 g/mol. The lowest BCUT2D eigenvalue weighted by Gasteiger charge is -2.26. The van der Waals surface area contributed by atoms with Crippen LogP contribution in [-0.4, -0.2) is 30.5 Å². The first kappa shape index (κ1) is 18.8. The fourth-order valence-electron chi connectivity index (χ4n) is 2.84. The van der Waals surface area contributed by atoms with Crippen LogP contribution in [0, 0.1) is 5.92 Å². The number of unbranched alkanes of at least 4 members (excludes halogenated alkanes) is 1. The first-order valence-corrected chi connectivity index (χ1v) is 9.14. The van der Waals surface area contributed by atoms with Crippen LogP contribution >= 0.6 is 11.6 Å². The fourth-order valence-corrected chi connectivity index (χ4v) is 3.19. The van der Waals surface area contributed by atoms with E-state index in [1.165, 1.54) is 0 Å². The van der Waals surface area contributed by atoms with Gasteiger partial charge in [0.05, 0.1) is 24.3 Å². The van der Waals surface area contributed by atoms with Crippen molar-refractivity contribution in [3.8, 4) is 0 Å². The van der Waals surface area contributed by atoms with E-state index in [1.54, 1.807) is 24.3 Å². The number of ether oxygens (including phenoxy) is 2. The molecule has 0 spiro atoms. The summed E-state index contributed by atoms with van der Waals surface area (Å²) in [7, 11) is 0. The molecule has 0 radical (unpaired) electrons. The number of benzene rings is 1. The van der Waals surface area contributed by atoms with Crippen molar-refractivity contribution < 1.29 is 19.1 Å². The van der Waals surface area contributed by atoms with Crippen LogP contribution in [-0.2, 0) is 9.47 Å². The SMILES string of the molecule is CCCCOC(=O)c1ccccc1C(=O)OCC1CCCCC1Cl. The van der Waals surface area contributed by atoms with Crippen LogP contribution < -0.4 is 0 Å². The van der Waals surface area contributed by atoms with Crippen LogP contribution in [0.1, 0.15) is 66.2 Å². The Kier molecular flexibility index (Phi) is 7.57. The second-order valence-corrected chi connectivity index (χ2v) is 6.75. The molecular weight excluding hydrogens is 328 g/mol. The summed E-state index contributed by atoms with van der Waals surface area (Å²) >= 11 is 6.30. The number of esters is 2. The number of carbonyl (C=O) groups excluding carboxylic acids is 2. The number of rotatable bonds is 7. The Balaban J connectivity index is 1.97. The maximum Gasteiger partial charge on any atom is 0.339 e. The molecule has 1 aliphatic rings. The van der Waals surface area contributed by atoms with Crippen molar-refractivity contribution in [2.24, 2.45) is 5.92 Å². The highest BCUT2D eigenvalue weighted by Gasteiger charge is 2.26. The van der Waals surface area contributed by atoms with Crippen molar-refractivity contribution in [3.63, 3.8) is 0 Å². The molecule has 1 aliphatic carbocycles. The van der Waals surface area contributed by atoms with E-state index in [0.29, 0.717) is 13.2 Å². The summed E-state index contributed by atoms with van der Waals surface area (Å²) in [5, 5.41) is 0.0563. The monoisotopic (exact) mass is 352 g/mol. The summed E-state index contributed by atoms with van der Waals surface area (Å²) in [4.78, 5) is 24.5. The number of hydrogen-bond acceptors (Lipinski definition) is 4. The van der Waals surface area contributed by atoms with Gasteiger partial charge in [0, 0.05) is 11.3 Å². The Morgan fingerprint density at radius 3 is 2.33 bits per heavy atom. The Labute approximate surface area is 148 Å². The first-order valence-electron chi connectivity index (χ1n) is 8.70. The zero-order valence-corrected chi connectivity index (χ0v) is 14.9. The second-order valence-electron chi connectivity index (χ2n) is 6.19. The molecular formula is C19H25ClO4. The molecule has 4 nitrogen and oxygen atoms in total. The quantitative estimate of drug-likeness (QED) is 0.409. The van der Waals surface area contributed by atoms with Gasteiger partial charge in [-0.15, -0.1) is 11.6 Å². The number of halogens is 1. The van der Waals surface area contributed by atoms with Crippen molar-refractivity contribution in [1.29, 1.82) is 0 Å². The van der Waals surface area contributed by atoms with Crippen LogP contribution in [0.4, 0.5) is 0 Å². The van der Waals surface area contributed by atoms with E-state index in [-0.39, 0.29) is 22.4 Å². The number of carbonyl (C=O) groups is 2. The molecule has 0 aromatic heterocycles. The Morgan fingerprint density at radius 1 is 1.08 bits per heavy atom. The summed E-state index contributed by atoms with van der Waals surface area (Å²) in [5.74, 6) is -0.788. The van der Waals surface area contributed by atoms with Crippen LogP contribution in [0.2, 0.25) is 0 Å². The standard InChI is InChI=1S/C19H25ClO4/c1-2-3-12-23-18(21)15-9-5-6-10-16(15)19(22)24-13-14-8-4-7-11-17(14)20/h5-6,9-10,14,17H,2-4,7-8,11-13H2,1H3. The summed E-state index contributed by atoms with van der Waals surface area (Å²) in [6.45, 7) is 2.68. The third-order valence-corrected chi connectivity index (χ3v) is 4.92. The van der Waals surface area contributed by atoms with Crippen molar-refractivity contribution >= 4 is 23.5 Å². The average Bonchev–Trinajstić information content (AvgIpc) is 2.61. The molecule has 0 saturated heterocycles. The molecule has 0 N–H and O–H groups in total. The van der Waals surface area contributed by atoms with E-state index in [1.807, 2.05) is 6.92 Å². The van der Waals surface area contributed by atoms with E-state index in [0.717, 1.165) is 38.5 Å². The topological polar surface area (TPSA) is 52.6 Å². The van der Waals surface area contributed by atoms with Gasteiger partial charge in [0.1, 0.15) is 0 Å². The summed E-state index contributed by atoms with van der Waals surface area (Å²) < 4.78 is 10.6. The maximum absolute atomic E-state index is 12.4. The molecule has 2 atom stereocenters. The maximum atomic E-state index is 12.4. The van der Waals surface area contributed by atoms with Crippen LogP contribution in [0.3, 0.4) is 0 Å². The van der Waals surface area contributed by atoms with Crippen LogP contribution in [0.25, 0.3) is 0 Å². The molecule has 0 aliphatic heterocycles. The van der Waals surface area contributed by atoms with E-state index in [4.69, 9.17) is 21.1 Å². The molecule has 0 bridgehead atoms. The van der Waals surface area contributed by atoms with Gasteiger partial charge in [0.15, 0.2) is 0 Å². The van der Waals surface area contributed by atoms with Gasteiger partial charge in [-0.3, -0.25) is 0 Å². The molecule has 0 amide bonds. The van der Waals surface area contributed by atoms with Gasteiger partial charge < -0.3 is 9.47 Å². The highest BCUT2D eigenvalue weighted by molar-refractivity contribution is 6.20. The lowest BCUT2D eigenvalue weighted by molar-refractivity contribution is 0.0393. The van der Waals surface area contributed by atoms with Gasteiger partial charge in [0.25, 0.3) is 0 Å². The van der Waals surface area contributed by atoms with Gasteiger partial charge in [0.2, 0.25) is 0 Å². The third kappa shape index (κ3) is 5.23. The minimum absolute atomic E-state index is 0.0563. The van der Waals surface area contributed by atoms with Crippen molar-refractivity contribution in [3.05, 3.63) is 35.4 Å². The van der Waals surface area contributed by atoms with E-state index in [2.05, 4.69) is 0 Å². The van der Waals surface area contributed by atoms with Gasteiger partial charge in [-0.25, -0.2) is 9.59 Å². The minimum atomic E-state index is -0.493. The zero-order chi connectivity index (χ0) is 17.4. The molecule has 1 aromatic carbocycles. The molecule has 24 heavy (non-hydrogen) atoms. The van der Waals surface area contributed by atoms with Gasteiger partial charge in [-0.1, -0.05) is 38.3 Å². The normalized spacial score (nSPS) is 20.4. The zero-order valence-electron chi connectivity index (χ0n) is 14.1. The largest absolute Gasteiger partial charge is 0.462 e. The molecule has 2 unspecified atom stereocenters. The summed E-state index contributed by atoms with van der Waals surface area (Å²) in [6.07, 6.45) is 5.93. The van der Waals surface area contributed by atoms with Crippen molar-refractivity contribution in [1.82, 2.24) is 0 Å². The van der Waals surface area contributed by atoms with Gasteiger partial charge in [-0.2, -0.15) is 0 Å². The summed E-state index contributed by atoms with van der Waals surface area (Å²) in [5.41, 5.74) is 0.505. The smallest absolute Gasteiger partial charge is 0.339 e. The van der Waals surface area contributed by atoms with Gasteiger partial charge in [-0.05, 0) is 31.4 Å². The van der Waals surface area contributed by atoms with E-state index in [9.17, 15) is 9.59 Å². The molecule has 1 fully saturated rings. The highest BCUT2D eigenvalue weighted by atomic mass is 35.5. The van der Waals surface area contributed by atoms with E-state index < -0.39 is 11.9 Å². The molecule has 0 heterocycles. The lowest BCUT2D eigenvalue weighted by Crippen LogP contribution is -2.26. The Hall–Kier alpha value is -1.55. The predicted molar refractivity (Wildman–Crippen MR) is 93.5 cm³/mol. The molecule has 1 aromatic rings. The first-order chi connectivity index (χ1) is 11.6. The van der Waals surface area contributed by atoms with Crippen molar-refractivity contribution in [2.75, 3.05) is 13.2 Å².